The first-order valence-electron chi connectivity index (χ1n) is 12.4. The standard InChI is InChI=1S/C24H48N2O6/c1-17-10-25(17)12-23(27)15-29-14-22(6)32-19(3)7-8-30-20(4)9-21(5)31-16-24(28)13-26-11-18(26)2/h17-24,27-28H,7-16H2,1-6H3. The Morgan fingerprint density at radius 3 is 1.84 bits per heavy atom. The molecule has 8 heteroatoms. The van der Waals surface area contributed by atoms with Crippen molar-refractivity contribution in [1.82, 2.24) is 9.80 Å². The average molecular weight is 461 g/mol. The molecule has 2 saturated heterocycles. The Hall–Kier alpha value is -0.320. The van der Waals surface area contributed by atoms with E-state index in [2.05, 4.69) is 30.6 Å². The summed E-state index contributed by atoms with van der Waals surface area (Å²) in [6, 6.07) is 1.20. The van der Waals surface area contributed by atoms with E-state index in [-0.39, 0.29) is 24.4 Å². The van der Waals surface area contributed by atoms with Crippen molar-refractivity contribution in [3.63, 3.8) is 0 Å². The van der Waals surface area contributed by atoms with E-state index in [9.17, 15) is 10.2 Å². The van der Waals surface area contributed by atoms with Crippen molar-refractivity contribution in [2.24, 2.45) is 0 Å². The number of hydrogen-bond donors (Lipinski definition) is 2. The summed E-state index contributed by atoms with van der Waals surface area (Å²) in [7, 11) is 0. The first-order chi connectivity index (χ1) is 15.1. The summed E-state index contributed by atoms with van der Waals surface area (Å²) in [6.07, 6.45) is 0.939. The van der Waals surface area contributed by atoms with Crippen LogP contribution in [0.2, 0.25) is 0 Å². The molecule has 10 unspecified atom stereocenters. The Bertz CT molecular complexity index is 513. The molecule has 2 aliphatic heterocycles. The molecular weight excluding hydrogens is 412 g/mol. The van der Waals surface area contributed by atoms with Gasteiger partial charge in [0.1, 0.15) is 0 Å². The smallest absolute Gasteiger partial charge is 0.0900 e. The fraction of sp³-hybridized carbons (Fsp3) is 1.00. The molecule has 190 valence electrons. The lowest BCUT2D eigenvalue weighted by Gasteiger charge is -2.22. The molecule has 2 rings (SSSR count). The maximum absolute atomic E-state index is 10.0. The Labute approximate surface area is 195 Å². The molecule has 0 saturated carbocycles. The highest BCUT2D eigenvalue weighted by Gasteiger charge is 2.31. The van der Waals surface area contributed by atoms with Gasteiger partial charge in [0.2, 0.25) is 0 Å². The second-order valence-electron chi connectivity index (χ2n) is 10.1. The van der Waals surface area contributed by atoms with Crippen LogP contribution in [0.1, 0.15) is 54.4 Å². The third-order valence-electron chi connectivity index (χ3n) is 6.16. The van der Waals surface area contributed by atoms with Crippen LogP contribution in [0.4, 0.5) is 0 Å². The van der Waals surface area contributed by atoms with Crippen LogP contribution in [0.5, 0.6) is 0 Å². The zero-order chi connectivity index (χ0) is 23.7. The molecule has 0 aromatic rings. The minimum Gasteiger partial charge on any atom is -0.389 e. The quantitative estimate of drug-likeness (QED) is 0.281. The van der Waals surface area contributed by atoms with Crippen LogP contribution in [0.25, 0.3) is 0 Å². The highest BCUT2D eigenvalue weighted by Crippen LogP contribution is 2.17. The van der Waals surface area contributed by atoms with Crippen LogP contribution in [0.15, 0.2) is 0 Å². The topological polar surface area (TPSA) is 83.4 Å². The van der Waals surface area contributed by atoms with Crippen LogP contribution in [-0.4, -0.2) is 121 Å². The molecule has 2 N–H and O–H groups in total. The van der Waals surface area contributed by atoms with E-state index >= 15 is 0 Å². The van der Waals surface area contributed by atoms with Gasteiger partial charge in [0.15, 0.2) is 0 Å². The summed E-state index contributed by atoms with van der Waals surface area (Å²) in [4.78, 5) is 4.46. The molecule has 0 spiro atoms. The lowest BCUT2D eigenvalue weighted by molar-refractivity contribution is -0.0714. The summed E-state index contributed by atoms with van der Waals surface area (Å²) in [5.74, 6) is 0. The number of aliphatic hydroxyl groups is 2. The molecule has 2 heterocycles. The summed E-state index contributed by atoms with van der Waals surface area (Å²) >= 11 is 0. The van der Waals surface area contributed by atoms with Crippen molar-refractivity contribution in [2.75, 3.05) is 52.6 Å². The fourth-order valence-corrected chi connectivity index (χ4v) is 3.93. The van der Waals surface area contributed by atoms with E-state index in [1.165, 1.54) is 0 Å². The van der Waals surface area contributed by atoms with Crippen molar-refractivity contribution >= 4 is 0 Å². The van der Waals surface area contributed by atoms with E-state index < -0.39 is 12.2 Å². The number of aliphatic hydroxyl groups excluding tert-OH is 2. The lowest BCUT2D eigenvalue weighted by Crippen LogP contribution is -2.29. The largest absolute Gasteiger partial charge is 0.389 e. The molecule has 0 aromatic heterocycles. The third-order valence-corrected chi connectivity index (χ3v) is 6.16. The average Bonchev–Trinajstić information content (AvgIpc) is 3.59. The van der Waals surface area contributed by atoms with Crippen molar-refractivity contribution in [3.8, 4) is 0 Å². The predicted molar refractivity (Wildman–Crippen MR) is 125 cm³/mol. The Kier molecular flexibility index (Phi) is 12.4. The number of hydrogen-bond acceptors (Lipinski definition) is 8. The van der Waals surface area contributed by atoms with Crippen LogP contribution in [0.3, 0.4) is 0 Å². The van der Waals surface area contributed by atoms with E-state index in [1.54, 1.807) is 0 Å². The lowest BCUT2D eigenvalue weighted by atomic mass is 10.2. The van der Waals surface area contributed by atoms with Gasteiger partial charge in [0.25, 0.3) is 0 Å². The number of nitrogens with zero attached hydrogens (tertiary/aromatic N) is 2. The predicted octanol–water partition coefficient (Wildman–Crippen LogP) is 1.52. The zero-order valence-electron chi connectivity index (χ0n) is 21.1. The molecule has 0 aromatic carbocycles. The Morgan fingerprint density at radius 2 is 1.28 bits per heavy atom. The second-order valence-corrected chi connectivity index (χ2v) is 10.1. The molecule has 0 bridgehead atoms. The highest BCUT2D eigenvalue weighted by molar-refractivity contribution is 4.86. The molecule has 32 heavy (non-hydrogen) atoms. The molecule has 0 amide bonds. The summed E-state index contributed by atoms with van der Waals surface area (Å²) < 4.78 is 23.3. The Morgan fingerprint density at radius 1 is 0.750 bits per heavy atom. The van der Waals surface area contributed by atoms with Gasteiger partial charge in [-0.15, -0.1) is 0 Å². The maximum Gasteiger partial charge on any atom is 0.0900 e. The summed E-state index contributed by atoms with van der Waals surface area (Å²) in [5, 5.41) is 20.0. The minimum atomic E-state index is -0.436. The number of rotatable bonds is 19. The van der Waals surface area contributed by atoms with Gasteiger partial charge in [-0.3, -0.25) is 9.80 Å². The van der Waals surface area contributed by atoms with Gasteiger partial charge in [-0.1, -0.05) is 0 Å². The first-order valence-corrected chi connectivity index (χ1v) is 12.4. The van der Waals surface area contributed by atoms with Crippen molar-refractivity contribution in [1.29, 1.82) is 0 Å². The Balaban J connectivity index is 1.43. The second kappa shape index (κ2) is 14.2. The van der Waals surface area contributed by atoms with E-state index in [0.717, 1.165) is 25.9 Å². The van der Waals surface area contributed by atoms with Crippen LogP contribution < -0.4 is 0 Å². The molecule has 2 aliphatic rings. The van der Waals surface area contributed by atoms with Gasteiger partial charge in [0, 0.05) is 44.9 Å². The van der Waals surface area contributed by atoms with Crippen molar-refractivity contribution < 1.29 is 29.2 Å². The fourth-order valence-electron chi connectivity index (χ4n) is 3.93. The van der Waals surface area contributed by atoms with Crippen molar-refractivity contribution in [3.05, 3.63) is 0 Å². The third kappa shape index (κ3) is 12.2. The molecule has 0 radical (unpaired) electrons. The van der Waals surface area contributed by atoms with Gasteiger partial charge in [0.05, 0.1) is 56.4 Å². The van der Waals surface area contributed by atoms with Crippen LogP contribution in [0, 0.1) is 0 Å². The van der Waals surface area contributed by atoms with Crippen LogP contribution in [-0.2, 0) is 18.9 Å². The van der Waals surface area contributed by atoms with Gasteiger partial charge in [-0.25, -0.2) is 0 Å². The van der Waals surface area contributed by atoms with Gasteiger partial charge in [-0.05, 0) is 54.4 Å². The van der Waals surface area contributed by atoms with Gasteiger partial charge < -0.3 is 29.2 Å². The highest BCUT2D eigenvalue weighted by atomic mass is 16.5. The van der Waals surface area contributed by atoms with E-state index in [1.807, 2.05) is 20.8 Å². The summed E-state index contributed by atoms with van der Waals surface area (Å²) in [6.45, 7) is 17.8. The van der Waals surface area contributed by atoms with E-state index in [0.29, 0.717) is 51.6 Å². The normalized spacial score (nSPS) is 30.4. The number of β-amino-alcohol motifs (C(OH)–C–C–N with tert-alkyl or cyclic N) is 2. The molecular formula is C24H48N2O6. The molecule has 2 fully saturated rings. The van der Waals surface area contributed by atoms with Crippen LogP contribution >= 0.6 is 0 Å². The minimum absolute atomic E-state index is 0.0235. The zero-order valence-corrected chi connectivity index (χ0v) is 21.1. The molecule has 0 aliphatic carbocycles. The first kappa shape index (κ1) is 27.9. The monoisotopic (exact) mass is 460 g/mol. The summed E-state index contributed by atoms with van der Waals surface area (Å²) in [5.41, 5.74) is 0. The number of ether oxygens (including phenoxy) is 4. The van der Waals surface area contributed by atoms with E-state index in [4.69, 9.17) is 18.9 Å². The van der Waals surface area contributed by atoms with Gasteiger partial charge in [-0.2, -0.15) is 0 Å². The molecule has 8 nitrogen and oxygen atoms in total. The van der Waals surface area contributed by atoms with Crippen molar-refractivity contribution in [2.45, 2.75) is 103 Å². The molecule has 10 atom stereocenters. The van der Waals surface area contributed by atoms with Gasteiger partial charge >= 0.3 is 0 Å². The SMILES string of the molecule is CC(CC(C)OCC(O)CN1CC1C)OCCC(C)OC(C)COCC(O)CN1CC1C. The maximum atomic E-state index is 10.0.